The summed E-state index contributed by atoms with van der Waals surface area (Å²) >= 11 is 0. The van der Waals surface area contributed by atoms with Gasteiger partial charge in [0.1, 0.15) is 16.8 Å². The van der Waals surface area contributed by atoms with Crippen molar-refractivity contribution in [1.82, 2.24) is 4.98 Å². The number of rotatable bonds is 7. The summed E-state index contributed by atoms with van der Waals surface area (Å²) in [5.74, 6) is 1.34. The van der Waals surface area contributed by atoms with Crippen LogP contribution in [0.2, 0.25) is 0 Å². The zero-order valence-electron chi connectivity index (χ0n) is 16.9. The molecule has 0 aliphatic heterocycles. The van der Waals surface area contributed by atoms with E-state index in [0.717, 1.165) is 23.1 Å². The highest BCUT2D eigenvalue weighted by Crippen LogP contribution is 2.23. The number of hydrogen-bond acceptors (Lipinski definition) is 6. The monoisotopic (exact) mass is 395 g/mol. The Kier molecular flexibility index (Phi) is 7.03. The molecule has 2 aromatic heterocycles. The molecule has 0 aliphatic carbocycles. The van der Waals surface area contributed by atoms with E-state index in [2.05, 4.69) is 4.98 Å². The fraction of sp³-hybridized carbons (Fsp3) is 0.304. The third-order valence-electron chi connectivity index (χ3n) is 4.31. The maximum Gasteiger partial charge on any atom is 0.382 e. The molecule has 6 heteroatoms. The van der Waals surface area contributed by atoms with Crippen LogP contribution in [0.25, 0.3) is 22.1 Å². The average molecular weight is 395 g/mol. The molecule has 4 aromatic rings. The minimum absolute atomic E-state index is 0.169. The lowest BCUT2D eigenvalue weighted by molar-refractivity contribution is 0.117. The maximum absolute atomic E-state index is 12.1. The van der Waals surface area contributed by atoms with Gasteiger partial charge in [-0.05, 0) is 36.2 Å². The van der Waals surface area contributed by atoms with E-state index >= 15 is 0 Å². The van der Waals surface area contributed by atoms with E-state index in [4.69, 9.17) is 18.3 Å². The minimum Gasteiger partial charge on any atom is -0.497 e. The molecule has 4 rings (SSSR count). The second kappa shape index (κ2) is 9.89. The van der Waals surface area contributed by atoms with Crippen molar-refractivity contribution in [3.63, 3.8) is 0 Å². The Bertz CT molecular complexity index is 1110. The topological polar surface area (TPSA) is 74.7 Å². The summed E-state index contributed by atoms with van der Waals surface area (Å²) < 4.78 is 21.7. The van der Waals surface area contributed by atoms with E-state index < -0.39 is 5.63 Å². The quantitative estimate of drug-likeness (QED) is 0.319. The van der Waals surface area contributed by atoms with Crippen molar-refractivity contribution in [2.45, 2.75) is 33.3 Å². The summed E-state index contributed by atoms with van der Waals surface area (Å²) in [6.45, 7) is 5.10. The predicted molar refractivity (Wildman–Crippen MR) is 112 cm³/mol. The number of fused-ring (bicyclic) bond motifs is 3. The van der Waals surface area contributed by atoms with Crippen molar-refractivity contribution in [2.75, 3.05) is 13.7 Å². The molecule has 0 spiro atoms. The van der Waals surface area contributed by atoms with Gasteiger partial charge in [-0.3, -0.25) is 0 Å². The van der Waals surface area contributed by atoms with E-state index in [1.54, 1.807) is 13.2 Å². The highest BCUT2D eigenvalue weighted by molar-refractivity contribution is 5.99. The van der Waals surface area contributed by atoms with Crippen LogP contribution in [-0.4, -0.2) is 18.7 Å². The van der Waals surface area contributed by atoms with E-state index in [1.165, 1.54) is 0 Å². The molecular formula is C23H25NO5. The summed E-state index contributed by atoms with van der Waals surface area (Å²) in [5.41, 5.74) is 1.82. The second-order valence-corrected chi connectivity index (χ2v) is 6.18. The smallest absolute Gasteiger partial charge is 0.382 e. The third-order valence-corrected chi connectivity index (χ3v) is 4.31. The third kappa shape index (κ3) is 4.84. The molecule has 0 fully saturated rings. The number of oxazole rings is 1. The van der Waals surface area contributed by atoms with Crippen LogP contribution in [0.4, 0.5) is 0 Å². The van der Waals surface area contributed by atoms with Crippen LogP contribution in [0.1, 0.15) is 31.7 Å². The van der Waals surface area contributed by atoms with Crippen LogP contribution in [0.5, 0.6) is 5.75 Å². The summed E-state index contributed by atoms with van der Waals surface area (Å²) in [6.07, 6.45) is 1.33. The van der Waals surface area contributed by atoms with Gasteiger partial charge in [-0.25, -0.2) is 9.78 Å². The van der Waals surface area contributed by atoms with Crippen LogP contribution >= 0.6 is 0 Å². The van der Waals surface area contributed by atoms with E-state index in [9.17, 15) is 4.79 Å². The van der Waals surface area contributed by atoms with Crippen LogP contribution in [0.15, 0.2) is 62.2 Å². The van der Waals surface area contributed by atoms with E-state index in [1.807, 2.05) is 56.3 Å². The lowest BCUT2D eigenvalue weighted by atomic mass is 10.2. The summed E-state index contributed by atoms with van der Waals surface area (Å²) in [7, 11) is 1.64. The van der Waals surface area contributed by atoms with E-state index in [-0.39, 0.29) is 5.58 Å². The fourth-order valence-corrected chi connectivity index (χ4v) is 2.93. The average Bonchev–Trinajstić information content (AvgIpc) is 3.21. The molecule has 152 valence electrons. The van der Waals surface area contributed by atoms with E-state index in [0.29, 0.717) is 36.6 Å². The number of benzene rings is 2. The fourth-order valence-electron chi connectivity index (χ4n) is 2.93. The van der Waals surface area contributed by atoms with Gasteiger partial charge in [-0.2, -0.15) is 0 Å². The second-order valence-electron chi connectivity index (χ2n) is 6.18. The number of ether oxygens (including phenoxy) is 2. The summed E-state index contributed by atoms with van der Waals surface area (Å²) in [5, 5.41) is 0.776. The first-order chi connectivity index (χ1) is 14.2. The van der Waals surface area contributed by atoms with Crippen molar-refractivity contribution in [3.8, 4) is 5.75 Å². The first kappa shape index (κ1) is 20.6. The van der Waals surface area contributed by atoms with Crippen LogP contribution in [-0.2, 0) is 17.8 Å². The molecular weight excluding hydrogens is 370 g/mol. The van der Waals surface area contributed by atoms with Gasteiger partial charge in [0.25, 0.3) is 0 Å². The number of hydrogen-bond donors (Lipinski definition) is 0. The van der Waals surface area contributed by atoms with Gasteiger partial charge < -0.3 is 18.3 Å². The molecule has 0 amide bonds. The highest BCUT2D eigenvalue weighted by Gasteiger charge is 2.14. The number of aryl methyl sites for hydroxylation is 1. The zero-order chi connectivity index (χ0) is 20.6. The first-order valence-electron chi connectivity index (χ1n) is 9.76. The van der Waals surface area contributed by atoms with Gasteiger partial charge in [0, 0.05) is 18.4 Å². The molecule has 0 radical (unpaired) electrons. The Labute approximate surface area is 169 Å². The lowest BCUT2D eigenvalue weighted by Gasteiger charge is -2.04. The molecule has 0 bridgehead atoms. The Morgan fingerprint density at radius 2 is 1.76 bits per heavy atom. The molecule has 0 saturated carbocycles. The van der Waals surface area contributed by atoms with Crippen LogP contribution in [0, 0.1) is 0 Å². The first-order valence-corrected chi connectivity index (χ1v) is 9.76. The molecule has 0 unspecified atom stereocenters. The van der Waals surface area contributed by atoms with Gasteiger partial charge in [-0.1, -0.05) is 38.1 Å². The normalized spacial score (nSPS) is 10.7. The Hall–Kier alpha value is -3.12. The van der Waals surface area contributed by atoms with Crippen LogP contribution < -0.4 is 10.4 Å². The molecule has 2 aromatic carbocycles. The summed E-state index contributed by atoms with van der Waals surface area (Å²) in [4.78, 5) is 16.5. The molecule has 6 nitrogen and oxygen atoms in total. The molecule has 0 atom stereocenters. The molecule has 0 aliphatic rings. The van der Waals surface area contributed by atoms with Crippen molar-refractivity contribution >= 4 is 22.1 Å². The minimum atomic E-state index is -0.502. The highest BCUT2D eigenvalue weighted by atomic mass is 16.5. The van der Waals surface area contributed by atoms with Crippen molar-refractivity contribution in [3.05, 3.63) is 70.4 Å². The number of aromatic nitrogens is 1. The van der Waals surface area contributed by atoms with Gasteiger partial charge in [-0.15, -0.1) is 0 Å². The molecule has 0 N–H and O–H groups in total. The lowest BCUT2D eigenvalue weighted by Crippen LogP contribution is -1.98. The number of methoxy groups -OCH3 is 1. The maximum atomic E-state index is 12.1. The Balaban J connectivity index is 0.00000117. The SMILES string of the molecule is CC.COc1ccc(COCCCc2nc3c(o2)c(=O)oc2ccccc23)cc1. The Morgan fingerprint density at radius 3 is 2.52 bits per heavy atom. The standard InChI is InChI=1S/C21H19NO5.C2H6/c1-24-15-10-8-14(9-11-15)13-25-12-4-7-18-22-19-16-5-2-3-6-17(16)26-21(23)20(19)27-18;1-2/h2-3,5-6,8-11H,4,7,12-13H2,1H3;1-2H3. The van der Waals surface area contributed by atoms with Gasteiger partial charge >= 0.3 is 5.63 Å². The van der Waals surface area contributed by atoms with Gasteiger partial charge in [0.2, 0.25) is 5.58 Å². The molecule has 2 heterocycles. The zero-order valence-corrected chi connectivity index (χ0v) is 16.9. The molecule has 0 saturated heterocycles. The van der Waals surface area contributed by atoms with Crippen molar-refractivity contribution in [1.29, 1.82) is 0 Å². The number of nitrogens with zero attached hydrogens (tertiary/aromatic N) is 1. The molecule has 29 heavy (non-hydrogen) atoms. The van der Waals surface area contributed by atoms with Gasteiger partial charge in [0.15, 0.2) is 5.89 Å². The van der Waals surface area contributed by atoms with Crippen LogP contribution in [0.3, 0.4) is 0 Å². The van der Waals surface area contributed by atoms with Crippen molar-refractivity contribution in [2.24, 2.45) is 0 Å². The van der Waals surface area contributed by atoms with Gasteiger partial charge in [0.05, 0.1) is 13.7 Å². The summed E-state index contributed by atoms with van der Waals surface area (Å²) in [6, 6.07) is 15.1. The predicted octanol–water partition coefficient (Wildman–Crippen LogP) is 5.12. The largest absolute Gasteiger partial charge is 0.497 e. The Morgan fingerprint density at radius 1 is 1.00 bits per heavy atom. The van der Waals surface area contributed by atoms with Crippen molar-refractivity contribution < 1.29 is 18.3 Å². The number of para-hydroxylation sites is 1.